The van der Waals surface area contributed by atoms with Crippen LogP contribution in [0.2, 0.25) is 0 Å². The number of pyridine rings is 1. The molecule has 4 rings (SSSR count). The highest BCUT2D eigenvalue weighted by Crippen LogP contribution is 2.28. The van der Waals surface area contributed by atoms with E-state index in [0.29, 0.717) is 11.5 Å². The average molecular weight is 362 g/mol. The quantitative estimate of drug-likeness (QED) is 0.497. The smallest absolute Gasteiger partial charge is 0.163 e. The van der Waals surface area contributed by atoms with Crippen LogP contribution in [0.3, 0.4) is 0 Å². The van der Waals surface area contributed by atoms with Gasteiger partial charge in [-0.05, 0) is 24.3 Å². The van der Waals surface area contributed by atoms with Gasteiger partial charge in [0, 0.05) is 27.2 Å². The molecule has 0 saturated carbocycles. The molecule has 4 aromatic rings. The molecule has 0 N–H and O–H groups in total. The topological polar surface area (TPSA) is 38.7 Å². The van der Waals surface area contributed by atoms with E-state index in [-0.39, 0.29) is 0 Å². The monoisotopic (exact) mass is 361 g/mol. The zero-order chi connectivity index (χ0) is 15.6. The second-order valence-electron chi connectivity index (χ2n) is 5.15. The average Bonchev–Trinajstić information content (AvgIpc) is 2.61. The van der Waals surface area contributed by atoms with Crippen molar-refractivity contribution in [1.82, 2.24) is 15.0 Å². The summed E-state index contributed by atoms with van der Waals surface area (Å²) in [5.41, 5.74) is 3.63. The van der Waals surface area contributed by atoms with Gasteiger partial charge in [0.25, 0.3) is 0 Å². The van der Waals surface area contributed by atoms with Crippen LogP contribution in [0, 0.1) is 0 Å². The van der Waals surface area contributed by atoms with Crippen LogP contribution in [0.15, 0.2) is 77.4 Å². The van der Waals surface area contributed by atoms with Crippen molar-refractivity contribution in [2.75, 3.05) is 0 Å². The highest BCUT2D eigenvalue weighted by atomic mass is 79.9. The summed E-state index contributed by atoms with van der Waals surface area (Å²) in [7, 11) is 0. The lowest BCUT2D eigenvalue weighted by atomic mass is 10.1. The van der Waals surface area contributed by atoms with E-state index in [1.54, 1.807) is 6.20 Å². The van der Waals surface area contributed by atoms with Crippen LogP contribution in [0.1, 0.15) is 0 Å². The first kappa shape index (κ1) is 14.0. The lowest BCUT2D eigenvalue weighted by Gasteiger charge is -2.08. The van der Waals surface area contributed by atoms with E-state index >= 15 is 0 Å². The van der Waals surface area contributed by atoms with E-state index in [0.717, 1.165) is 26.7 Å². The maximum atomic E-state index is 4.81. The van der Waals surface area contributed by atoms with Crippen molar-refractivity contribution in [3.63, 3.8) is 0 Å². The maximum absolute atomic E-state index is 4.81. The van der Waals surface area contributed by atoms with E-state index in [4.69, 9.17) is 4.98 Å². The van der Waals surface area contributed by atoms with Crippen LogP contribution in [0.25, 0.3) is 33.7 Å². The van der Waals surface area contributed by atoms with E-state index in [2.05, 4.69) is 38.0 Å². The molecule has 0 unspecified atom stereocenters. The first-order valence-corrected chi connectivity index (χ1v) is 8.05. The Bertz CT molecular complexity index is 984. The zero-order valence-electron chi connectivity index (χ0n) is 12.1. The van der Waals surface area contributed by atoms with Crippen molar-refractivity contribution in [3.8, 4) is 22.6 Å². The molecule has 110 valence electrons. The normalized spacial score (nSPS) is 10.8. The zero-order valence-corrected chi connectivity index (χ0v) is 13.7. The van der Waals surface area contributed by atoms with E-state index in [1.165, 1.54) is 0 Å². The first-order chi connectivity index (χ1) is 11.3. The Labute approximate surface area is 142 Å². The van der Waals surface area contributed by atoms with E-state index in [1.807, 2.05) is 54.6 Å². The Morgan fingerprint density at radius 2 is 1.57 bits per heavy atom. The predicted octanol–water partition coefficient (Wildman–Crippen LogP) is 5.12. The lowest BCUT2D eigenvalue weighted by molar-refractivity contribution is 1.19. The molecule has 0 spiro atoms. The predicted molar refractivity (Wildman–Crippen MR) is 95.9 cm³/mol. The van der Waals surface area contributed by atoms with Gasteiger partial charge < -0.3 is 0 Å². The Hall–Kier alpha value is -2.59. The standard InChI is InChI=1S/C19H12BrN3/c20-15-9-4-8-14(12-15)18-22-17(13-6-2-1-3-7-13)16-10-5-11-21-19(16)23-18/h1-12H. The summed E-state index contributed by atoms with van der Waals surface area (Å²) in [5, 5.41) is 0.956. The molecule has 0 aliphatic carbocycles. The highest BCUT2D eigenvalue weighted by molar-refractivity contribution is 9.10. The molecule has 2 aromatic heterocycles. The highest BCUT2D eigenvalue weighted by Gasteiger charge is 2.11. The SMILES string of the molecule is Brc1cccc(-c2nc(-c3ccccc3)c3cccnc3n2)c1. The van der Waals surface area contributed by atoms with Crippen LogP contribution in [-0.4, -0.2) is 15.0 Å². The molecule has 4 heteroatoms. The Balaban J connectivity index is 2.01. The van der Waals surface area contributed by atoms with Crippen LogP contribution in [0.4, 0.5) is 0 Å². The molecular formula is C19H12BrN3. The first-order valence-electron chi connectivity index (χ1n) is 7.25. The summed E-state index contributed by atoms with van der Waals surface area (Å²) in [4.78, 5) is 13.9. The lowest BCUT2D eigenvalue weighted by Crippen LogP contribution is -1.96. The summed E-state index contributed by atoms with van der Waals surface area (Å²) in [5.74, 6) is 0.677. The van der Waals surface area contributed by atoms with Crippen molar-refractivity contribution >= 4 is 27.0 Å². The second kappa shape index (κ2) is 5.89. The van der Waals surface area contributed by atoms with Gasteiger partial charge in [-0.3, -0.25) is 0 Å². The molecule has 0 radical (unpaired) electrons. The van der Waals surface area contributed by atoms with Gasteiger partial charge in [-0.1, -0.05) is 58.4 Å². The summed E-state index contributed by atoms with van der Waals surface area (Å²) in [6.07, 6.45) is 1.76. The molecule has 0 fully saturated rings. The van der Waals surface area contributed by atoms with E-state index in [9.17, 15) is 0 Å². The van der Waals surface area contributed by atoms with Crippen molar-refractivity contribution in [2.45, 2.75) is 0 Å². The molecule has 0 aliphatic heterocycles. The molecule has 3 nitrogen and oxygen atoms in total. The number of fused-ring (bicyclic) bond motifs is 1. The molecule has 2 heterocycles. The van der Waals surface area contributed by atoms with Crippen LogP contribution < -0.4 is 0 Å². The van der Waals surface area contributed by atoms with Crippen LogP contribution in [0.5, 0.6) is 0 Å². The third-order valence-electron chi connectivity index (χ3n) is 3.60. The fourth-order valence-corrected chi connectivity index (χ4v) is 2.93. The van der Waals surface area contributed by atoms with Gasteiger partial charge in [0.1, 0.15) is 0 Å². The molecule has 0 saturated heterocycles. The minimum absolute atomic E-state index is 0.677. The van der Waals surface area contributed by atoms with Gasteiger partial charge in [-0.25, -0.2) is 15.0 Å². The van der Waals surface area contributed by atoms with Gasteiger partial charge in [0.05, 0.1) is 5.69 Å². The van der Waals surface area contributed by atoms with Crippen molar-refractivity contribution in [3.05, 3.63) is 77.4 Å². The minimum atomic E-state index is 0.677. The summed E-state index contributed by atoms with van der Waals surface area (Å²) in [6, 6.07) is 22.0. The molecule has 0 aliphatic rings. The number of halogens is 1. The van der Waals surface area contributed by atoms with Crippen molar-refractivity contribution in [2.24, 2.45) is 0 Å². The maximum Gasteiger partial charge on any atom is 0.163 e. The van der Waals surface area contributed by atoms with Gasteiger partial charge in [0.15, 0.2) is 11.5 Å². The molecule has 23 heavy (non-hydrogen) atoms. The molecular weight excluding hydrogens is 350 g/mol. The third kappa shape index (κ3) is 2.73. The number of aromatic nitrogens is 3. The van der Waals surface area contributed by atoms with Gasteiger partial charge >= 0.3 is 0 Å². The number of hydrogen-bond acceptors (Lipinski definition) is 3. The summed E-state index contributed by atoms with van der Waals surface area (Å²) in [6.45, 7) is 0. The molecule has 0 atom stereocenters. The van der Waals surface area contributed by atoms with Gasteiger partial charge in [0.2, 0.25) is 0 Å². The summed E-state index contributed by atoms with van der Waals surface area (Å²) >= 11 is 3.50. The largest absolute Gasteiger partial charge is 0.236 e. The second-order valence-corrected chi connectivity index (χ2v) is 6.06. The van der Waals surface area contributed by atoms with Crippen molar-refractivity contribution in [1.29, 1.82) is 0 Å². The van der Waals surface area contributed by atoms with Crippen LogP contribution in [-0.2, 0) is 0 Å². The number of benzene rings is 2. The van der Waals surface area contributed by atoms with Crippen molar-refractivity contribution < 1.29 is 0 Å². The van der Waals surface area contributed by atoms with Gasteiger partial charge in [-0.15, -0.1) is 0 Å². The minimum Gasteiger partial charge on any atom is -0.236 e. The van der Waals surface area contributed by atoms with Gasteiger partial charge in [-0.2, -0.15) is 0 Å². The number of nitrogens with zero attached hydrogens (tertiary/aromatic N) is 3. The fraction of sp³-hybridized carbons (Fsp3) is 0. The fourth-order valence-electron chi connectivity index (χ4n) is 2.54. The Kier molecular flexibility index (Phi) is 3.60. The van der Waals surface area contributed by atoms with E-state index < -0.39 is 0 Å². The molecule has 0 bridgehead atoms. The molecule has 0 amide bonds. The van der Waals surface area contributed by atoms with Crippen LogP contribution >= 0.6 is 15.9 Å². The molecule has 2 aromatic carbocycles. The Morgan fingerprint density at radius 1 is 0.739 bits per heavy atom. The summed E-state index contributed by atoms with van der Waals surface area (Å²) < 4.78 is 1.00. The number of rotatable bonds is 2. The number of hydrogen-bond donors (Lipinski definition) is 0. The third-order valence-corrected chi connectivity index (χ3v) is 4.09. The Morgan fingerprint density at radius 3 is 2.39 bits per heavy atom.